The van der Waals surface area contributed by atoms with Crippen LogP contribution in [0.1, 0.15) is 19.4 Å². The van der Waals surface area contributed by atoms with Gasteiger partial charge in [-0.1, -0.05) is 0 Å². The van der Waals surface area contributed by atoms with Crippen molar-refractivity contribution in [2.75, 3.05) is 0 Å². The van der Waals surface area contributed by atoms with Gasteiger partial charge in [0.25, 0.3) is 0 Å². The minimum Gasteiger partial charge on any atom is -0.491 e. The first kappa shape index (κ1) is 9.04. The predicted octanol–water partition coefficient (Wildman–Crippen LogP) is 2.92. The van der Waals surface area contributed by atoms with Gasteiger partial charge in [-0.3, -0.25) is 0 Å². The van der Waals surface area contributed by atoms with E-state index in [2.05, 4.69) is 0 Å². The van der Waals surface area contributed by atoms with E-state index in [1.54, 1.807) is 19.1 Å². The summed E-state index contributed by atoms with van der Waals surface area (Å²) in [5, 5.41) is 0. The third-order valence-corrected chi connectivity index (χ3v) is 1.50. The summed E-state index contributed by atoms with van der Waals surface area (Å²) < 4.78 is 18.2. The molecule has 0 radical (unpaired) electrons. The van der Waals surface area contributed by atoms with Crippen LogP contribution in [0.25, 0.3) is 0 Å². The molecule has 0 bridgehead atoms. The second kappa shape index (κ2) is 3.57. The third kappa shape index (κ3) is 2.22. The summed E-state index contributed by atoms with van der Waals surface area (Å²) in [5.41, 5.74) is 0.619. The second-order valence-corrected chi connectivity index (χ2v) is 3.08. The molecule has 0 aliphatic heterocycles. The van der Waals surface area contributed by atoms with Crippen LogP contribution >= 0.6 is 0 Å². The van der Waals surface area contributed by atoms with Crippen molar-refractivity contribution >= 4 is 0 Å². The van der Waals surface area contributed by atoms with Gasteiger partial charge < -0.3 is 4.74 Å². The summed E-state index contributed by atoms with van der Waals surface area (Å²) in [6, 6.07) is 4.77. The highest BCUT2D eigenvalue weighted by atomic mass is 19.1. The lowest BCUT2D eigenvalue weighted by molar-refractivity contribution is 0.242. The summed E-state index contributed by atoms with van der Waals surface area (Å²) in [5.74, 6) is 0.537. The molecule has 0 saturated carbocycles. The van der Waals surface area contributed by atoms with Gasteiger partial charge in [0.05, 0.1) is 6.10 Å². The van der Waals surface area contributed by atoms with Crippen molar-refractivity contribution in [1.82, 2.24) is 0 Å². The number of halogens is 1. The Morgan fingerprint density at radius 2 is 2.00 bits per heavy atom. The monoisotopic (exact) mass is 168 g/mol. The molecule has 1 rings (SSSR count). The Kier molecular flexibility index (Phi) is 2.69. The summed E-state index contributed by atoms with van der Waals surface area (Å²) in [6.07, 6.45) is 0.134. The van der Waals surface area contributed by atoms with Gasteiger partial charge in [-0.05, 0) is 44.5 Å². The zero-order valence-corrected chi connectivity index (χ0v) is 7.60. The lowest BCUT2D eigenvalue weighted by Crippen LogP contribution is -2.05. The van der Waals surface area contributed by atoms with E-state index in [0.29, 0.717) is 5.56 Å². The van der Waals surface area contributed by atoms with E-state index in [1.165, 1.54) is 6.07 Å². The van der Waals surface area contributed by atoms with Crippen LogP contribution in [-0.4, -0.2) is 6.10 Å². The molecule has 0 saturated heterocycles. The topological polar surface area (TPSA) is 9.23 Å². The van der Waals surface area contributed by atoms with Crippen LogP contribution in [0.5, 0.6) is 5.75 Å². The molecule has 0 amide bonds. The minimum atomic E-state index is -0.189. The molecule has 2 heteroatoms. The van der Waals surface area contributed by atoms with Crippen LogP contribution in [0.2, 0.25) is 0 Å². The Balaban J connectivity index is 2.82. The van der Waals surface area contributed by atoms with Crippen molar-refractivity contribution in [3.63, 3.8) is 0 Å². The highest BCUT2D eigenvalue weighted by Gasteiger charge is 2.00. The largest absolute Gasteiger partial charge is 0.491 e. The predicted molar refractivity (Wildman–Crippen MR) is 46.9 cm³/mol. The minimum absolute atomic E-state index is 0.134. The fraction of sp³-hybridized carbons (Fsp3) is 0.400. The van der Waals surface area contributed by atoms with E-state index in [0.717, 1.165) is 5.75 Å². The Labute approximate surface area is 72.2 Å². The van der Waals surface area contributed by atoms with Gasteiger partial charge in [0, 0.05) is 0 Å². The van der Waals surface area contributed by atoms with Crippen molar-refractivity contribution < 1.29 is 9.13 Å². The maximum Gasteiger partial charge on any atom is 0.126 e. The molecule has 0 aliphatic carbocycles. The van der Waals surface area contributed by atoms with Crippen molar-refractivity contribution in [2.45, 2.75) is 26.9 Å². The zero-order valence-electron chi connectivity index (χ0n) is 7.60. The van der Waals surface area contributed by atoms with E-state index in [1.807, 2.05) is 13.8 Å². The van der Waals surface area contributed by atoms with Gasteiger partial charge in [0.15, 0.2) is 0 Å². The highest BCUT2D eigenvalue weighted by Crippen LogP contribution is 2.16. The Morgan fingerprint density at radius 1 is 1.33 bits per heavy atom. The molecule has 0 N–H and O–H groups in total. The normalized spacial score (nSPS) is 10.4. The summed E-state index contributed by atoms with van der Waals surface area (Å²) in [6.45, 7) is 5.61. The van der Waals surface area contributed by atoms with Crippen molar-refractivity contribution in [3.8, 4) is 5.75 Å². The van der Waals surface area contributed by atoms with Gasteiger partial charge in [0.2, 0.25) is 0 Å². The van der Waals surface area contributed by atoms with Crippen molar-refractivity contribution in [1.29, 1.82) is 0 Å². The van der Waals surface area contributed by atoms with Gasteiger partial charge >= 0.3 is 0 Å². The number of benzene rings is 1. The SMILES string of the molecule is Cc1cc(OC(C)C)ccc1F. The number of hydrogen-bond donors (Lipinski definition) is 0. The first-order valence-electron chi connectivity index (χ1n) is 4.02. The first-order valence-corrected chi connectivity index (χ1v) is 4.02. The number of hydrogen-bond acceptors (Lipinski definition) is 1. The molecular formula is C10H13FO. The molecule has 0 spiro atoms. The van der Waals surface area contributed by atoms with Crippen molar-refractivity contribution in [3.05, 3.63) is 29.6 Å². The molecule has 0 unspecified atom stereocenters. The number of aryl methyl sites for hydroxylation is 1. The van der Waals surface area contributed by atoms with Crippen LogP contribution in [-0.2, 0) is 0 Å². The van der Waals surface area contributed by atoms with E-state index in [-0.39, 0.29) is 11.9 Å². The molecule has 0 heterocycles. The number of rotatable bonds is 2. The van der Waals surface area contributed by atoms with Gasteiger partial charge in [-0.15, -0.1) is 0 Å². The van der Waals surface area contributed by atoms with E-state index in [9.17, 15) is 4.39 Å². The van der Waals surface area contributed by atoms with E-state index >= 15 is 0 Å². The molecule has 66 valence electrons. The lowest BCUT2D eigenvalue weighted by atomic mass is 10.2. The third-order valence-electron chi connectivity index (χ3n) is 1.50. The van der Waals surface area contributed by atoms with Crippen LogP contribution in [0.15, 0.2) is 18.2 Å². The average Bonchev–Trinajstić information content (AvgIpc) is 1.96. The molecule has 0 aromatic heterocycles. The Morgan fingerprint density at radius 3 is 2.50 bits per heavy atom. The molecule has 1 aromatic carbocycles. The van der Waals surface area contributed by atoms with Crippen molar-refractivity contribution in [2.24, 2.45) is 0 Å². The Hall–Kier alpha value is -1.05. The maximum absolute atomic E-state index is 12.8. The lowest BCUT2D eigenvalue weighted by Gasteiger charge is -2.09. The summed E-state index contributed by atoms with van der Waals surface area (Å²) in [7, 11) is 0. The van der Waals surface area contributed by atoms with Crippen LogP contribution in [0.4, 0.5) is 4.39 Å². The average molecular weight is 168 g/mol. The smallest absolute Gasteiger partial charge is 0.126 e. The van der Waals surface area contributed by atoms with Gasteiger partial charge in [-0.25, -0.2) is 4.39 Å². The molecule has 0 aliphatic rings. The summed E-state index contributed by atoms with van der Waals surface area (Å²) >= 11 is 0. The molecule has 0 fully saturated rings. The molecule has 1 aromatic rings. The standard InChI is InChI=1S/C10H13FO/c1-7(2)12-9-4-5-10(11)8(3)6-9/h4-7H,1-3H3. The van der Waals surface area contributed by atoms with E-state index < -0.39 is 0 Å². The number of ether oxygens (including phenoxy) is 1. The Bertz CT molecular complexity index is 269. The molecule has 12 heavy (non-hydrogen) atoms. The van der Waals surface area contributed by atoms with Gasteiger partial charge in [0.1, 0.15) is 11.6 Å². The highest BCUT2D eigenvalue weighted by molar-refractivity contribution is 5.28. The quantitative estimate of drug-likeness (QED) is 0.659. The van der Waals surface area contributed by atoms with Crippen LogP contribution in [0.3, 0.4) is 0 Å². The van der Waals surface area contributed by atoms with Crippen LogP contribution < -0.4 is 4.74 Å². The summed E-state index contributed by atoms with van der Waals surface area (Å²) in [4.78, 5) is 0. The van der Waals surface area contributed by atoms with Gasteiger partial charge in [-0.2, -0.15) is 0 Å². The first-order chi connectivity index (χ1) is 5.59. The fourth-order valence-electron chi connectivity index (χ4n) is 0.963. The maximum atomic E-state index is 12.8. The van der Waals surface area contributed by atoms with Crippen LogP contribution in [0, 0.1) is 12.7 Å². The molecule has 1 nitrogen and oxygen atoms in total. The molecular weight excluding hydrogens is 155 g/mol. The van der Waals surface area contributed by atoms with E-state index in [4.69, 9.17) is 4.74 Å². The zero-order chi connectivity index (χ0) is 9.14. The fourth-order valence-corrected chi connectivity index (χ4v) is 0.963. The molecule has 0 atom stereocenters. The second-order valence-electron chi connectivity index (χ2n) is 3.08.